The van der Waals surface area contributed by atoms with Crippen molar-refractivity contribution in [1.29, 1.82) is 0 Å². The molecule has 1 heterocycles. The molecule has 16 heavy (non-hydrogen) atoms. The smallest absolute Gasteiger partial charge is 0.0121 e. The molecule has 3 unspecified atom stereocenters. The van der Waals surface area contributed by atoms with Crippen LogP contribution in [0.15, 0.2) is 0 Å². The molecule has 0 spiro atoms. The molecule has 0 amide bonds. The zero-order chi connectivity index (χ0) is 11.0. The molecule has 2 aliphatic carbocycles. The lowest BCUT2D eigenvalue weighted by molar-refractivity contribution is 0.198. The van der Waals surface area contributed by atoms with Crippen molar-refractivity contribution in [2.24, 2.45) is 11.8 Å². The monoisotopic (exact) mass is 222 g/mol. The normalized spacial score (nSPS) is 40.7. The molecule has 0 aromatic carbocycles. The second-order valence-corrected chi connectivity index (χ2v) is 6.31. The summed E-state index contributed by atoms with van der Waals surface area (Å²) in [7, 11) is 0. The quantitative estimate of drug-likeness (QED) is 0.785. The molecule has 3 atom stereocenters. The SMILES string of the molecule is CC1CCCC1N1CCC(CNC2CC2)C1. The minimum absolute atomic E-state index is 0.888. The molecule has 3 aliphatic rings. The van der Waals surface area contributed by atoms with E-state index < -0.39 is 0 Å². The zero-order valence-electron chi connectivity index (χ0n) is 10.6. The van der Waals surface area contributed by atoms with Gasteiger partial charge in [0.05, 0.1) is 0 Å². The molecule has 0 bridgehead atoms. The van der Waals surface area contributed by atoms with Crippen LogP contribution < -0.4 is 5.32 Å². The molecule has 0 aromatic rings. The van der Waals surface area contributed by atoms with Gasteiger partial charge in [-0.25, -0.2) is 0 Å². The van der Waals surface area contributed by atoms with Crippen LogP contribution in [0.2, 0.25) is 0 Å². The molecule has 3 rings (SSSR count). The summed E-state index contributed by atoms with van der Waals surface area (Å²) in [5, 5.41) is 3.69. The fraction of sp³-hybridized carbons (Fsp3) is 1.00. The highest BCUT2D eigenvalue weighted by atomic mass is 15.2. The van der Waals surface area contributed by atoms with Crippen molar-refractivity contribution >= 4 is 0 Å². The van der Waals surface area contributed by atoms with E-state index in [1.165, 1.54) is 58.2 Å². The van der Waals surface area contributed by atoms with Crippen molar-refractivity contribution in [1.82, 2.24) is 10.2 Å². The standard InChI is InChI=1S/C14H26N2/c1-11-3-2-4-14(11)16-8-7-12(10-16)9-15-13-5-6-13/h11-15H,2-10H2,1H3. The molecule has 1 aliphatic heterocycles. The highest BCUT2D eigenvalue weighted by Crippen LogP contribution is 2.32. The number of rotatable bonds is 4. The number of likely N-dealkylation sites (tertiary alicyclic amines) is 1. The first-order chi connectivity index (χ1) is 7.83. The Morgan fingerprint density at radius 1 is 1.12 bits per heavy atom. The van der Waals surface area contributed by atoms with Gasteiger partial charge in [0.2, 0.25) is 0 Å². The first-order valence-corrected chi connectivity index (χ1v) is 7.30. The van der Waals surface area contributed by atoms with Crippen LogP contribution in [-0.4, -0.2) is 36.6 Å². The summed E-state index contributed by atoms with van der Waals surface area (Å²) >= 11 is 0. The van der Waals surface area contributed by atoms with Gasteiger partial charge >= 0.3 is 0 Å². The number of hydrogen-bond acceptors (Lipinski definition) is 2. The second-order valence-electron chi connectivity index (χ2n) is 6.31. The number of nitrogens with one attached hydrogen (secondary N) is 1. The van der Waals surface area contributed by atoms with E-state index in [-0.39, 0.29) is 0 Å². The van der Waals surface area contributed by atoms with Gasteiger partial charge in [-0.15, -0.1) is 0 Å². The molecule has 92 valence electrons. The van der Waals surface area contributed by atoms with Gasteiger partial charge in [-0.1, -0.05) is 13.3 Å². The van der Waals surface area contributed by atoms with Crippen LogP contribution in [0.1, 0.15) is 45.4 Å². The summed E-state index contributed by atoms with van der Waals surface area (Å²) in [6.45, 7) is 6.47. The van der Waals surface area contributed by atoms with Crippen LogP contribution in [0.5, 0.6) is 0 Å². The van der Waals surface area contributed by atoms with Crippen LogP contribution in [0.4, 0.5) is 0 Å². The van der Waals surface area contributed by atoms with Crippen LogP contribution in [-0.2, 0) is 0 Å². The Morgan fingerprint density at radius 2 is 2.00 bits per heavy atom. The average molecular weight is 222 g/mol. The molecule has 0 aromatic heterocycles. The predicted molar refractivity (Wildman–Crippen MR) is 67.5 cm³/mol. The molecule has 1 N–H and O–H groups in total. The fourth-order valence-electron chi connectivity index (χ4n) is 3.62. The molecule has 2 heteroatoms. The molecule has 3 fully saturated rings. The highest BCUT2D eigenvalue weighted by molar-refractivity contribution is 4.89. The van der Waals surface area contributed by atoms with E-state index in [1.54, 1.807) is 0 Å². The van der Waals surface area contributed by atoms with Gasteiger partial charge in [-0.3, -0.25) is 4.90 Å². The zero-order valence-corrected chi connectivity index (χ0v) is 10.6. The Labute approximate surface area is 99.8 Å². The fourth-order valence-corrected chi connectivity index (χ4v) is 3.62. The lowest BCUT2D eigenvalue weighted by Crippen LogP contribution is -2.36. The Hall–Kier alpha value is -0.0800. The van der Waals surface area contributed by atoms with E-state index in [9.17, 15) is 0 Å². The maximum absolute atomic E-state index is 3.69. The Bertz CT molecular complexity index is 237. The highest BCUT2D eigenvalue weighted by Gasteiger charge is 2.34. The van der Waals surface area contributed by atoms with Crippen molar-refractivity contribution in [2.75, 3.05) is 19.6 Å². The summed E-state index contributed by atoms with van der Waals surface area (Å²) in [4.78, 5) is 2.79. The van der Waals surface area contributed by atoms with Crippen molar-refractivity contribution in [3.05, 3.63) is 0 Å². The van der Waals surface area contributed by atoms with Crippen LogP contribution in [0, 0.1) is 11.8 Å². The van der Waals surface area contributed by atoms with E-state index in [2.05, 4.69) is 17.1 Å². The number of nitrogens with zero attached hydrogens (tertiary/aromatic N) is 1. The van der Waals surface area contributed by atoms with Gasteiger partial charge in [-0.2, -0.15) is 0 Å². The van der Waals surface area contributed by atoms with Gasteiger partial charge in [-0.05, 0) is 57.0 Å². The van der Waals surface area contributed by atoms with Crippen molar-refractivity contribution < 1.29 is 0 Å². The first-order valence-electron chi connectivity index (χ1n) is 7.30. The summed E-state index contributed by atoms with van der Waals surface area (Å²) in [5.41, 5.74) is 0. The van der Waals surface area contributed by atoms with Crippen molar-refractivity contribution in [2.45, 2.75) is 57.5 Å². The van der Waals surface area contributed by atoms with Crippen LogP contribution in [0.3, 0.4) is 0 Å². The molecular formula is C14H26N2. The van der Waals surface area contributed by atoms with Gasteiger partial charge in [0.15, 0.2) is 0 Å². The van der Waals surface area contributed by atoms with E-state index >= 15 is 0 Å². The Kier molecular flexibility index (Phi) is 3.21. The summed E-state index contributed by atoms with van der Waals surface area (Å²) in [6.07, 6.45) is 8.68. The summed E-state index contributed by atoms with van der Waals surface area (Å²) in [5.74, 6) is 1.89. The third-order valence-corrected chi connectivity index (χ3v) is 4.88. The van der Waals surface area contributed by atoms with E-state index in [4.69, 9.17) is 0 Å². The predicted octanol–water partition coefficient (Wildman–Crippen LogP) is 2.25. The minimum atomic E-state index is 0.888. The minimum Gasteiger partial charge on any atom is -0.314 e. The Balaban J connectivity index is 1.44. The average Bonchev–Trinajstić information content (AvgIpc) is 2.82. The van der Waals surface area contributed by atoms with Crippen molar-refractivity contribution in [3.63, 3.8) is 0 Å². The molecule has 0 radical (unpaired) electrons. The first kappa shape index (κ1) is 11.0. The summed E-state index contributed by atoms with van der Waals surface area (Å²) < 4.78 is 0. The molecular weight excluding hydrogens is 196 g/mol. The largest absolute Gasteiger partial charge is 0.314 e. The van der Waals surface area contributed by atoms with Crippen LogP contribution >= 0.6 is 0 Å². The van der Waals surface area contributed by atoms with Gasteiger partial charge in [0, 0.05) is 18.6 Å². The maximum atomic E-state index is 3.69. The molecule has 1 saturated heterocycles. The molecule has 2 nitrogen and oxygen atoms in total. The van der Waals surface area contributed by atoms with Crippen molar-refractivity contribution in [3.8, 4) is 0 Å². The van der Waals surface area contributed by atoms with E-state index in [0.717, 1.165) is 23.9 Å². The lowest BCUT2D eigenvalue weighted by Gasteiger charge is -2.27. The lowest BCUT2D eigenvalue weighted by atomic mass is 10.1. The number of hydrogen-bond donors (Lipinski definition) is 1. The van der Waals surface area contributed by atoms with E-state index in [1.807, 2.05) is 0 Å². The topological polar surface area (TPSA) is 15.3 Å². The van der Waals surface area contributed by atoms with Gasteiger partial charge in [0.25, 0.3) is 0 Å². The third kappa shape index (κ3) is 2.43. The second kappa shape index (κ2) is 4.66. The van der Waals surface area contributed by atoms with Gasteiger partial charge in [0.1, 0.15) is 0 Å². The van der Waals surface area contributed by atoms with Gasteiger partial charge < -0.3 is 5.32 Å². The Morgan fingerprint density at radius 3 is 2.69 bits per heavy atom. The third-order valence-electron chi connectivity index (χ3n) is 4.88. The maximum Gasteiger partial charge on any atom is 0.0121 e. The molecule has 2 saturated carbocycles. The van der Waals surface area contributed by atoms with Crippen LogP contribution in [0.25, 0.3) is 0 Å². The summed E-state index contributed by atoms with van der Waals surface area (Å²) in [6, 6.07) is 1.81. The van der Waals surface area contributed by atoms with E-state index in [0.29, 0.717) is 0 Å².